The van der Waals surface area contributed by atoms with Crippen LogP contribution in [0.2, 0.25) is 0 Å². The number of amides is 2. The molecule has 0 aromatic heterocycles. The van der Waals surface area contributed by atoms with E-state index in [1.165, 1.54) is 11.1 Å². The van der Waals surface area contributed by atoms with Gasteiger partial charge in [0.1, 0.15) is 11.5 Å². The van der Waals surface area contributed by atoms with E-state index in [2.05, 4.69) is 29.7 Å². The Morgan fingerprint density at radius 2 is 1.70 bits per heavy atom. The lowest BCUT2D eigenvalue weighted by Crippen LogP contribution is -2.30. The summed E-state index contributed by atoms with van der Waals surface area (Å²) in [6, 6.07) is 13.1. The van der Waals surface area contributed by atoms with Gasteiger partial charge in [-0.25, -0.2) is 4.79 Å². The van der Waals surface area contributed by atoms with Gasteiger partial charge in [-0.05, 0) is 24.5 Å². The van der Waals surface area contributed by atoms with Gasteiger partial charge in [-0.1, -0.05) is 24.3 Å². The summed E-state index contributed by atoms with van der Waals surface area (Å²) in [4.78, 5) is 12.0. The smallest absolute Gasteiger partial charge is 0.319 e. The van der Waals surface area contributed by atoms with Gasteiger partial charge in [-0.15, -0.1) is 0 Å². The van der Waals surface area contributed by atoms with E-state index in [-0.39, 0.29) is 6.03 Å². The minimum absolute atomic E-state index is 0.256. The third kappa shape index (κ3) is 4.92. The number of urea groups is 1. The highest BCUT2D eigenvalue weighted by Crippen LogP contribution is 2.25. The Morgan fingerprint density at radius 1 is 1.04 bits per heavy atom. The molecule has 2 aromatic carbocycles. The maximum atomic E-state index is 12.0. The van der Waals surface area contributed by atoms with Crippen molar-refractivity contribution in [3.63, 3.8) is 0 Å². The standard InChI is InChI=1S/C18H22N2O3/c1-13-6-4-5-7-14(13)8-9-19-18(21)20-15-10-16(22-2)12-17(11-15)23-3/h4-7,10-12H,8-9H2,1-3H3,(H2,19,20,21). The lowest BCUT2D eigenvalue weighted by atomic mass is 10.1. The number of methoxy groups -OCH3 is 2. The monoisotopic (exact) mass is 314 g/mol. The van der Waals surface area contributed by atoms with Crippen LogP contribution in [0.25, 0.3) is 0 Å². The molecule has 0 saturated carbocycles. The van der Waals surface area contributed by atoms with Gasteiger partial charge in [0.05, 0.1) is 14.2 Å². The van der Waals surface area contributed by atoms with Gasteiger partial charge in [-0.2, -0.15) is 0 Å². The lowest BCUT2D eigenvalue weighted by Gasteiger charge is -2.11. The fourth-order valence-corrected chi connectivity index (χ4v) is 2.26. The van der Waals surface area contributed by atoms with Crippen molar-refractivity contribution in [2.45, 2.75) is 13.3 Å². The van der Waals surface area contributed by atoms with Gasteiger partial charge in [0.15, 0.2) is 0 Å². The Labute approximate surface area is 136 Å². The third-order valence-corrected chi connectivity index (χ3v) is 3.55. The van der Waals surface area contributed by atoms with Crippen LogP contribution in [0.5, 0.6) is 11.5 Å². The second-order valence-electron chi connectivity index (χ2n) is 5.16. The Balaban J connectivity index is 1.88. The molecule has 0 fully saturated rings. The Bertz CT molecular complexity index is 649. The molecule has 2 N–H and O–H groups in total. The summed E-state index contributed by atoms with van der Waals surface area (Å²) >= 11 is 0. The van der Waals surface area contributed by atoms with Gasteiger partial charge in [-0.3, -0.25) is 0 Å². The molecular weight excluding hydrogens is 292 g/mol. The predicted molar refractivity (Wildman–Crippen MR) is 91.5 cm³/mol. The third-order valence-electron chi connectivity index (χ3n) is 3.55. The van der Waals surface area contributed by atoms with E-state index in [0.717, 1.165) is 6.42 Å². The Kier molecular flexibility index (Phi) is 5.86. The highest BCUT2D eigenvalue weighted by atomic mass is 16.5. The highest BCUT2D eigenvalue weighted by molar-refractivity contribution is 5.89. The summed E-state index contributed by atoms with van der Waals surface area (Å²) in [6.45, 7) is 2.63. The molecule has 0 bridgehead atoms. The van der Waals surface area contributed by atoms with Gasteiger partial charge >= 0.3 is 6.03 Å². The van der Waals surface area contributed by atoms with Crippen LogP contribution in [-0.4, -0.2) is 26.8 Å². The van der Waals surface area contributed by atoms with Crippen LogP contribution in [0.3, 0.4) is 0 Å². The maximum Gasteiger partial charge on any atom is 0.319 e. The molecule has 122 valence electrons. The molecule has 0 spiro atoms. The number of anilines is 1. The van der Waals surface area contributed by atoms with Crippen molar-refractivity contribution in [3.8, 4) is 11.5 Å². The van der Waals surface area contributed by atoms with Crippen molar-refractivity contribution in [1.82, 2.24) is 5.32 Å². The fraction of sp³-hybridized carbons (Fsp3) is 0.278. The van der Waals surface area contributed by atoms with Crippen LogP contribution in [0.4, 0.5) is 10.5 Å². The normalized spacial score (nSPS) is 10.0. The average molecular weight is 314 g/mol. The number of aryl methyl sites for hydroxylation is 1. The van der Waals surface area contributed by atoms with E-state index in [1.54, 1.807) is 32.4 Å². The number of nitrogens with one attached hydrogen (secondary N) is 2. The number of rotatable bonds is 6. The van der Waals surface area contributed by atoms with Gasteiger partial charge in [0.2, 0.25) is 0 Å². The summed E-state index contributed by atoms with van der Waals surface area (Å²) in [5.74, 6) is 1.25. The lowest BCUT2D eigenvalue weighted by molar-refractivity contribution is 0.252. The van der Waals surface area contributed by atoms with Gasteiger partial charge in [0.25, 0.3) is 0 Å². The van der Waals surface area contributed by atoms with E-state index >= 15 is 0 Å². The van der Waals surface area contributed by atoms with Crippen LogP contribution in [-0.2, 0) is 6.42 Å². The predicted octanol–water partition coefficient (Wildman–Crippen LogP) is 3.38. The molecule has 2 amide bonds. The van der Waals surface area contributed by atoms with Crippen LogP contribution in [0, 0.1) is 6.92 Å². The summed E-state index contributed by atoms with van der Waals surface area (Å²) in [6.07, 6.45) is 0.793. The SMILES string of the molecule is COc1cc(NC(=O)NCCc2ccccc2C)cc(OC)c1. The summed E-state index contributed by atoms with van der Waals surface area (Å²) < 4.78 is 10.4. The Hall–Kier alpha value is -2.69. The average Bonchev–Trinajstić information content (AvgIpc) is 2.56. The van der Waals surface area contributed by atoms with Crippen LogP contribution >= 0.6 is 0 Å². The van der Waals surface area contributed by atoms with Crippen molar-refractivity contribution >= 4 is 11.7 Å². The van der Waals surface area contributed by atoms with Crippen molar-refractivity contribution < 1.29 is 14.3 Å². The van der Waals surface area contributed by atoms with E-state index in [9.17, 15) is 4.79 Å². The Morgan fingerprint density at radius 3 is 2.30 bits per heavy atom. The molecule has 0 saturated heterocycles. The molecule has 0 aliphatic rings. The van der Waals surface area contributed by atoms with Gasteiger partial charge in [0, 0.05) is 30.4 Å². The van der Waals surface area contributed by atoms with Crippen molar-refractivity contribution in [3.05, 3.63) is 53.6 Å². The second-order valence-corrected chi connectivity index (χ2v) is 5.16. The van der Waals surface area contributed by atoms with E-state index < -0.39 is 0 Å². The molecule has 5 heteroatoms. The molecule has 0 aliphatic heterocycles. The number of carbonyl (C=O) groups excluding carboxylic acids is 1. The number of benzene rings is 2. The van der Waals surface area contributed by atoms with E-state index in [4.69, 9.17) is 9.47 Å². The summed E-state index contributed by atoms with van der Waals surface area (Å²) in [5.41, 5.74) is 3.08. The maximum absolute atomic E-state index is 12.0. The molecule has 0 heterocycles. The molecule has 0 unspecified atom stereocenters. The molecule has 2 rings (SSSR count). The first kappa shape index (κ1) is 16.7. The van der Waals surface area contributed by atoms with Crippen LogP contribution < -0.4 is 20.1 Å². The molecule has 5 nitrogen and oxygen atoms in total. The zero-order chi connectivity index (χ0) is 16.7. The first-order chi connectivity index (χ1) is 11.1. The van der Waals surface area contributed by atoms with Gasteiger partial charge < -0.3 is 20.1 Å². The number of hydrogen-bond acceptors (Lipinski definition) is 3. The zero-order valence-electron chi connectivity index (χ0n) is 13.7. The van der Waals surface area contributed by atoms with Crippen molar-refractivity contribution in [2.75, 3.05) is 26.1 Å². The molecule has 2 aromatic rings. The molecule has 0 radical (unpaired) electrons. The second kappa shape index (κ2) is 8.08. The minimum atomic E-state index is -0.256. The number of hydrogen-bond donors (Lipinski definition) is 2. The van der Waals surface area contributed by atoms with E-state index in [0.29, 0.717) is 23.7 Å². The first-order valence-electron chi connectivity index (χ1n) is 7.45. The molecule has 0 aliphatic carbocycles. The first-order valence-corrected chi connectivity index (χ1v) is 7.45. The molecular formula is C18H22N2O3. The largest absolute Gasteiger partial charge is 0.497 e. The van der Waals surface area contributed by atoms with Crippen molar-refractivity contribution in [2.24, 2.45) is 0 Å². The minimum Gasteiger partial charge on any atom is -0.497 e. The summed E-state index contributed by atoms with van der Waals surface area (Å²) in [7, 11) is 3.14. The quantitative estimate of drug-likeness (QED) is 0.859. The number of ether oxygens (including phenoxy) is 2. The van der Waals surface area contributed by atoms with E-state index in [1.807, 2.05) is 12.1 Å². The van der Waals surface area contributed by atoms with Crippen LogP contribution in [0.1, 0.15) is 11.1 Å². The topological polar surface area (TPSA) is 59.6 Å². The fourth-order valence-electron chi connectivity index (χ4n) is 2.26. The number of carbonyl (C=O) groups is 1. The molecule has 23 heavy (non-hydrogen) atoms. The highest BCUT2D eigenvalue weighted by Gasteiger charge is 2.06. The van der Waals surface area contributed by atoms with Crippen molar-refractivity contribution in [1.29, 1.82) is 0 Å². The zero-order valence-corrected chi connectivity index (χ0v) is 13.7. The summed E-state index contributed by atoms with van der Waals surface area (Å²) in [5, 5.41) is 5.63. The van der Waals surface area contributed by atoms with Crippen LogP contribution in [0.15, 0.2) is 42.5 Å². The molecule has 0 atom stereocenters.